The van der Waals surface area contributed by atoms with Gasteiger partial charge >= 0.3 is 0 Å². The van der Waals surface area contributed by atoms with Crippen LogP contribution >= 0.6 is 0 Å². The van der Waals surface area contributed by atoms with Crippen LogP contribution in [0.1, 0.15) is 44.2 Å². The molecule has 1 N–H and O–H groups in total. The van der Waals surface area contributed by atoms with E-state index in [1.807, 2.05) is 11.0 Å². The first kappa shape index (κ1) is 19.4. The van der Waals surface area contributed by atoms with Gasteiger partial charge in [0, 0.05) is 31.6 Å². The number of para-hydroxylation sites is 1. The van der Waals surface area contributed by atoms with Crippen LogP contribution < -0.4 is 5.32 Å². The number of benzene rings is 1. The zero-order chi connectivity index (χ0) is 19.7. The van der Waals surface area contributed by atoms with Gasteiger partial charge in [0.1, 0.15) is 0 Å². The second-order valence-electron chi connectivity index (χ2n) is 8.03. The minimum Gasteiger partial charge on any atom is -0.347 e. The van der Waals surface area contributed by atoms with Gasteiger partial charge in [-0.15, -0.1) is 0 Å². The molecule has 0 aromatic heterocycles. The van der Waals surface area contributed by atoms with Gasteiger partial charge in [0.25, 0.3) is 0 Å². The molecule has 0 bridgehead atoms. The van der Waals surface area contributed by atoms with Crippen LogP contribution in [0.2, 0.25) is 0 Å². The summed E-state index contributed by atoms with van der Waals surface area (Å²) in [5.41, 5.74) is 3.23. The highest BCUT2D eigenvalue weighted by Gasteiger charge is 2.51. The number of likely N-dealkylation sites (tertiary alicyclic amines) is 1. The third kappa shape index (κ3) is 3.67. The molecule has 0 radical (unpaired) electrons. The largest absolute Gasteiger partial charge is 0.347 e. The van der Waals surface area contributed by atoms with E-state index < -0.39 is 5.79 Å². The molecule has 2 amide bonds. The Morgan fingerprint density at radius 1 is 1.07 bits per heavy atom. The third-order valence-electron chi connectivity index (χ3n) is 6.34. The molecule has 152 valence electrons. The second kappa shape index (κ2) is 7.84. The first-order chi connectivity index (χ1) is 13.6. The third-order valence-corrected chi connectivity index (χ3v) is 6.34. The molecule has 1 aromatic carbocycles. The summed E-state index contributed by atoms with van der Waals surface area (Å²) >= 11 is 0. The van der Waals surface area contributed by atoms with E-state index in [0.717, 1.165) is 29.7 Å². The molecule has 2 saturated heterocycles. The summed E-state index contributed by atoms with van der Waals surface area (Å²) in [7, 11) is 0. The summed E-state index contributed by atoms with van der Waals surface area (Å²) in [6.07, 6.45) is 3.82. The van der Waals surface area contributed by atoms with Gasteiger partial charge in [-0.1, -0.05) is 32.0 Å². The van der Waals surface area contributed by atoms with Crippen LogP contribution in [0.3, 0.4) is 0 Å². The molecule has 6 nitrogen and oxygen atoms in total. The van der Waals surface area contributed by atoms with E-state index in [1.165, 1.54) is 0 Å². The molecule has 6 heteroatoms. The highest BCUT2D eigenvalue weighted by molar-refractivity contribution is 6.00. The van der Waals surface area contributed by atoms with Crippen LogP contribution in [0.25, 0.3) is 0 Å². The first-order valence-electron chi connectivity index (χ1n) is 10.5. The predicted octanol–water partition coefficient (Wildman–Crippen LogP) is 2.75. The molecule has 2 heterocycles. The number of aryl methyl sites for hydroxylation is 2. The summed E-state index contributed by atoms with van der Waals surface area (Å²) in [5, 5.41) is 3.12. The molecule has 2 unspecified atom stereocenters. The number of hydrogen-bond donors (Lipinski definition) is 1. The average molecular weight is 386 g/mol. The lowest BCUT2D eigenvalue weighted by atomic mass is 10.0. The number of anilines is 1. The van der Waals surface area contributed by atoms with Gasteiger partial charge in [-0.2, -0.15) is 0 Å². The molecule has 1 spiro atoms. The summed E-state index contributed by atoms with van der Waals surface area (Å²) < 4.78 is 11.5. The molecule has 1 aliphatic carbocycles. The molecule has 2 aliphatic heterocycles. The van der Waals surface area contributed by atoms with Crippen LogP contribution in [0.5, 0.6) is 0 Å². The Hall–Kier alpha value is -1.92. The van der Waals surface area contributed by atoms with Crippen LogP contribution in [0, 0.1) is 11.8 Å². The Balaban J connectivity index is 1.34. The second-order valence-corrected chi connectivity index (χ2v) is 8.03. The van der Waals surface area contributed by atoms with Crippen LogP contribution in [-0.2, 0) is 31.9 Å². The van der Waals surface area contributed by atoms with E-state index in [0.29, 0.717) is 45.6 Å². The van der Waals surface area contributed by atoms with Gasteiger partial charge in [0.15, 0.2) is 5.79 Å². The molecular formula is C22H30N2O4. The number of hydrogen-bond acceptors (Lipinski definition) is 4. The number of nitrogens with one attached hydrogen (secondary N) is 1. The predicted molar refractivity (Wildman–Crippen MR) is 106 cm³/mol. The number of carbonyl (C=O) groups is 2. The quantitative estimate of drug-likeness (QED) is 0.845. The summed E-state index contributed by atoms with van der Waals surface area (Å²) in [6.45, 7) is 6.74. The molecular weight excluding hydrogens is 356 g/mol. The van der Waals surface area contributed by atoms with E-state index in [9.17, 15) is 9.59 Å². The Morgan fingerprint density at radius 3 is 2.25 bits per heavy atom. The molecule has 1 aromatic rings. The Labute approximate surface area is 166 Å². The van der Waals surface area contributed by atoms with Crippen molar-refractivity contribution in [3.8, 4) is 0 Å². The number of amides is 2. The number of nitrogens with zero attached hydrogens (tertiary/aromatic N) is 1. The standard InChI is InChI=1S/C22H30N2O4/c1-3-15-6-5-7-16(4-2)19(15)23-20(25)17-14-18(17)21(26)24-10-8-22(9-11-24)27-12-13-28-22/h5-7,17-18H,3-4,8-14H2,1-2H3,(H,23,25). The maximum Gasteiger partial charge on any atom is 0.228 e. The summed E-state index contributed by atoms with van der Waals surface area (Å²) in [6, 6.07) is 6.15. The Bertz CT molecular complexity index is 725. The molecule has 1 saturated carbocycles. The maximum absolute atomic E-state index is 12.8. The topological polar surface area (TPSA) is 67.9 Å². The SMILES string of the molecule is CCc1cccc(CC)c1NC(=O)C1CC1C(=O)N1CCC2(CC1)OCCO2. The molecule has 28 heavy (non-hydrogen) atoms. The van der Waals surface area contributed by atoms with Gasteiger partial charge in [-0.3, -0.25) is 9.59 Å². The van der Waals surface area contributed by atoms with Crippen molar-refractivity contribution in [1.82, 2.24) is 4.90 Å². The maximum atomic E-state index is 12.8. The fraction of sp³-hybridized carbons (Fsp3) is 0.636. The summed E-state index contributed by atoms with van der Waals surface area (Å²) in [4.78, 5) is 27.5. The lowest BCUT2D eigenvalue weighted by Crippen LogP contribution is -2.48. The van der Waals surface area contributed by atoms with Gasteiger partial charge in [-0.25, -0.2) is 0 Å². The van der Waals surface area contributed by atoms with Crippen LogP contribution in [0.4, 0.5) is 5.69 Å². The van der Waals surface area contributed by atoms with Crippen molar-refractivity contribution in [2.45, 2.75) is 51.7 Å². The van der Waals surface area contributed by atoms with Gasteiger partial charge in [0.05, 0.1) is 25.0 Å². The van der Waals surface area contributed by atoms with E-state index >= 15 is 0 Å². The van der Waals surface area contributed by atoms with E-state index in [1.54, 1.807) is 0 Å². The molecule has 3 fully saturated rings. The Morgan fingerprint density at radius 2 is 1.68 bits per heavy atom. The fourth-order valence-corrected chi connectivity index (χ4v) is 4.46. The zero-order valence-corrected chi connectivity index (χ0v) is 16.8. The van der Waals surface area contributed by atoms with Gasteiger partial charge in [0.2, 0.25) is 11.8 Å². The molecule has 2 atom stereocenters. The Kier molecular flexibility index (Phi) is 5.43. The minimum absolute atomic E-state index is 0.0233. The van der Waals surface area contributed by atoms with Crippen molar-refractivity contribution in [2.24, 2.45) is 11.8 Å². The van der Waals surface area contributed by atoms with E-state index in [-0.39, 0.29) is 23.7 Å². The molecule has 3 aliphatic rings. The fourth-order valence-electron chi connectivity index (χ4n) is 4.46. The number of piperidine rings is 1. The van der Waals surface area contributed by atoms with E-state index in [2.05, 4.69) is 31.3 Å². The summed E-state index contributed by atoms with van der Waals surface area (Å²) in [5.74, 6) is -0.787. The van der Waals surface area contributed by atoms with Crippen molar-refractivity contribution in [1.29, 1.82) is 0 Å². The van der Waals surface area contributed by atoms with Crippen LogP contribution in [0.15, 0.2) is 18.2 Å². The minimum atomic E-state index is -0.475. The monoisotopic (exact) mass is 386 g/mol. The number of rotatable bonds is 5. The number of ether oxygens (including phenoxy) is 2. The van der Waals surface area contributed by atoms with Gasteiger partial charge < -0.3 is 19.7 Å². The molecule has 4 rings (SSSR count). The smallest absolute Gasteiger partial charge is 0.228 e. The van der Waals surface area contributed by atoms with Gasteiger partial charge in [-0.05, 0) is 30.4 Å². The highest BCUT2D eigenvalue weighted by Crippen LogP contribution is 2.42. The zero-order valence-electron chi connectivity index (χ0n) is 16.8. The normalized spacial score (nSPS) is 25.7. The van der Waals surface area contributed by atoms with Crippen molar-refractivity contribution in [2.75, 3.05) is 31.6 Å². The van der Waals surface area contributed by atoms with E-state index in [4.69, 9.17) is 9.47 Å². The van der Waals surface area contributed by atoms with Crippen molar-refractivity contribution in [3.63, 3.8) is 0 Å². The van der Waals surface area contributed by atoms with Crippen molar-refractivity contribution >= 4 is 17.5 Å². The lowest BCUT2D eigenvalue weighted by molar-refractivity contribution is -0.187. The highest BCUT2D eigenvalue weighted by atomic mass is 16.7. The van der Waals surface area contributed by atoms with Crippen molar-refractivity contribution < 1.29 is 19.1 Å². The average Bonchev–Trinajstić information content (AvgIpc) is 3.41. The first-order valence-corrected chi connectivity index (χ1v) is 10.5. The van der Waals surface area contributed by atoms with Crippen molar-refractivity contribution in [3.05, 3.63) is 29.3 Å². The van der Waals surface area contributed by atoms with Crippen LogP contribution in [-0.4, -0.2) is 48.8 Å². The lowest BCUT2D eigenvalue weighted by Gasteiger charge is -2.37. The number of carbonyl (C=O) groups excluding carboxylic acids is 2.